The van der Waals surface area contributed by atoms with Crippen molar-refractivity contribution in [1.29, 1.82) is 0 Å². The topological polar surface area (TPSA) is 29.1 Å². The highest BCUT2D eigenvalue weighted by molar-refractivity contribution is 9.10. The van der Waals surface area contributed by atoms with Gasteiger partial charge in [0.15, 0.2) is 11.6 Å². The molecule has 1 amide bonds. The lowest BCUT2D eigenvalue weighted by atomic mass is 10.1. The van der Waals surface area contributed by atoms with Gasteiger partial charge in [0, 0.05) is 15.1 Å². The zero-order valence-corrected chi connectivity index (χ0v) is 12.6. The predicted octanol–water partition coefficient (Wildman–Crippen LogP) is 4.94. The first kappa shape index (κ1) is 14.9. The summed E-state index contributed by atoms with van der Waals surface area (Å²) in [7, 11) is 0. The Balaban J connectivity index is 2.30. The van der Waals surface area contributed by atoms with E-state index in [4.69, 9.17) is 11.6 Å². The molecule has 0 radical (unpaired) electrons. The van der Waals surface area contributed by atoms with Crippen molar-refractivity contribution in [3.05, 3.63) is 62.6 Å². The summed E-state index contributed by atoms with van der Waals surface area (Å²) >= 11 is 8.88. The number of anilines is 1. The molecule has 0 heterocycles. The molecular formula is C14H9BrClF2NO. The molecule has 104 valence electrons. The first-order valence-corrected chi connectivity index (χ1v) is 6.77. The smallest absolute Gasteiger partial charge is 0.255 e. The average Bonchev–Trinajstić information content (AvgIpc) is 2.36. The van der Waals surface area contributed by atoms with Crippen LogP contribution >= 0.6 is 27.5 Å². The van der Waals surface area contributed by atoms with Crippen LogP contribution in [0.15, 0.2) is 34.8 Å². The first-order chi connectivity index (χ1) is 9.38. The second-order valence-electron chi connectivity index (χ2n) is 4.16. The summed E-state index contributed by atoms with van der Waals surface area (Å²) in [6.07, 6.45) is 0. The molecular weight excluding hydrogens is 352 g/mol. The molecule has 0 saturated heterocycles. The second kappa shape index (κ2) is 5.89. The summed E-state index contributed by atoms with van der Waals surface area (Å²) in [4.78, 5) is 12.0. The van der Waals surface area contributed by atoms with Gasteiger partial charge in [0.1, 0.15) is 5.69 Å². The Labute approximate surface area is 127 Å². The highest BCUT2D eigenvalue weighted by Gasteiger charge is 2.15. The molecule has 0 fully saturated rings. The highest BCUT2D eigenvalue weighted by atomic mass is 79.9. The summed E-state index contributed by atoms with van der Waals surface area (Å²) in [6.45, 7) is 1.79. The maximum absolute atomic E-state index is 13.6. The fourth-order valence-electron chi connectivity index (χ4n) is 1.58. The molecule has 0 unspecified atom stereocenters. The van der Waals surface area contributed by atoms with Crippen LogP contribution in [0.1, 0.15) is 15.9 Å². The third kappa shape index (κ3) is 3.16. The van der Waals surface area contributed by atoms with Gasteiger partial charge in [0.05, 0.1) is 0 Å². The van der Waals surface area contributed by atoms with Gasteiger partial charge in [-0.25, -0.2) is 8.78 Å². The van der Waals surface area contributed by atoms with Crippen LogP contribution in [-0.2, 0) is 0 Å². The van der Waals surface area contributed by atoms with Gasteiger partial charge in [-0.15, -0.1) is 0 Å². The molecule has 0 atom stereocenters. The standard InChI is InChI=1S/C14H9BrClF2NO/c1-7-2-3-8(4-10(7)16)14(20)19-13-11(17)5-9(15)6-12(13)18/h2-6H,1H3,(H,19,20). The summed E-state index contributed by atoms with van der Waals surface area (Å²) in [5.74, 6) is -2.35. The zero-order valence-electron chi connectivity index (χ0n) is 10.3. The molecule has 2 nitrogen and oxygen atoms in total. The van der Waals surface area contributed by atoms with Crippen molar-refractivity contribution in [2.24, 2.45) is 0 Å². The summed E-state index contributed by atoms with van der Waals surface area (Å²) in [5, 5.41) is 2.61. The Morgan fingerprint density at radius 1 is 1.20 bits per heavy atom. The molecule has 0 aliphatic heterocycles. The second-order valence-corrected chi connectivity index (χ2v) is 5.49. The lowest BCUT2D eigenvalue weighted by molar-refractivity contribution is 0.102. The SMILES string of the molecule is Cc1ccc(C(=O)Nc2c(F)cc(Br)cc2F)cc1Cl. The fourth-order valence-corrected chi connectivity index (χ4v) is 2.16. The van der Waals surface area contributed by atoms with Crippen LogP contribution in [0.2, 0.25) is 5.02 Å². The Kier molecular flexibility index (Phi) is 4.40. The number of carbonyl (C=O) groups excluding carboxylic acids is 1. The molecule has 0 aromatic heterocycles. The molecule has 2 rings (SSSR count). The lowest BCUT2D eigenvalue weighted by Crippen LogP contribution is -2.14. The molecule has 0 bridgehead atoms. The Morgan fingerprint density at radius 3 is 2.35 bits per heavy atom. The van der Waals surface area contributed by atoms with Crippen molar-refractivity contribution in [1.82, 2.24) is 0 Å². The van der Waals surface area contributed by atoms with Crippen LogP contribution in [0.5, 0.6) is 0 Å². The van der Waals surface area contributed by atoms with Crippen molar-refractivity contribution in [3.8, 4) is 0 Å². The largest absolute Gasteiger partial charge is 0.317 e. The van der Waals surface area contributed by atoms with Gasteiger partial charge >= 0.3 is 0 Å². The number of hydrogen-bond donors (Lipinski definition) is 1. The molecule has 1 N–H and O–H groups in total. The number of rotatable bonds is 2. The van der Waals surface area contributed by atoms with Gasteiger partial charge in [-0.1, -0.05) is 33.6 Å². The Hall–Kier alpha value is -1.46. The van der Waals surface area contributed by atoms with E-state index in [0.29, 0.717) is 5.02 Å². The van der Waals surface area contributed by atoms with E-state index in [1.807, 2.05) is 0 Å². The maximum Gasteiger partial charge on any atom is 0.255 e. The van der Waals surface area contributed by atoms with Crippen LogP contribution in [-0.4, -0.2) is 5.91 Å². The third-order valence-electron chi connectivity index (χ3n) is 2.68. The van der Waals surface area contributed by atoms with E-state index in [0.717, 1.165) is 17.7 Å². The normalized spacial score (nSPS) is 10.4. The van der Waals surface area contributed by atoms with Gasteiger partial charge in [-0.05, 0) is 36.8 Å². The zero-order chi connectivity index (χ0) is 14.9. The van der Waals surface area contributed by atoms with E-state index in [2.05, 4.69) is 21.2 Å². The number of benzene rings is 2. The number of hydrogen-bond acceptors (Lipinski definition) is 1. The van der Waals surface area contributed by atoms with Crippen molar-refractivity contribution < 1.29 is 13.6 Å². The average molecular weight is 361 g/mol. The highest BCUT2D eigenvalue weighted by Crippen LogP contribution is 2.25. The van der Waals surface area contributed by atoms with Crippen molar-refractivity contribution in [2.45, 2.75) is 6.92 Å². The molecule has 0 aliphatic rings. The molecule has 20 heavy (non-hydrogen) atoms. The number of aryl methyl sites for hydroxylation is 1. The lowest BCUT2D eigenvalue weighted by Gasteiger charge is -2.09. The predicted molar refractivity (Wildman–Crippen MR) is 78.2 cm³/mol. The minimum absolute atomic E-state index is 0.224. The van der Waals surface area contributed by atoms with Gasteiger partial charge in [0.2, 0.25) is 0 Å². The minimum Gasteiger partial charge on any atom is -0.317 e. The van der Waals surface area contributed by atoms with E-state index in [1.54, 1.807) is 13.0 Å². The van der Waals surface area contributed by atoms with E-state index in [1.165, 1.54) is 12.1 Å². The number of halogens is 4. The van der Waals surface area contributed by atoms with Crippen LogP contribution in [0.3, 0.4) is 0 Å². The van der Waals surface area contributed by atoms with Crippen LogP contribution < -0.4 is 5.32 Å². The molecule has 6 heteroatoms. The van der Waals surface area contributed by atoms with Crippen LogP contribution in [0.4, 0.5) is 14.5 Å². The molecule has 0 spiro atoms. The van der Waals surface area contributed by atoms with E-state index >= 15 is 0 Å². The van der Waals surface area contributed by atoms with Crippen molar-refractivity contribution in [3.63, 3.8) is 0 Å². The number of nitrogens with one attached hydrogen (secondary N) is 1. The van der Waals surface area contributed by atoms with Gasteiger partial charge in [-0.2, -0.15) is 0 Å². The minimum atomic E-state index is -0.858. The molecule has 2 aromatic rings. The van der Waals surface area contributed by atoms with Gasteiger partial charge < -0.3 is 5.32 Å². The Morgan fingerprint density at radius 2 is 1.80 bits per heavy atom. The van der Waals surface area contributed by atoms with E-state index in [9.17, 15) is 13.6 Å². The van der Waals surface area contributed by atoms with Crippen molar-refractivity contribution in [2.75, 3.05) is 5.32 Å². The summed E-state index contributed by atoms with van der Waals surface area (Å²) < 4.78 is 27.5. The molecule has 0 saturated carbocycles. The number of carbonyl (C=O) groups is 1. The number of amides is 1. The van der Waals surface area contributed by atoms with Crippen LogP contribution in [0.25, 0.3) is 0 Å². The van der Waals surface area contributed by atoms with Crippen molar-refractivity contribution >= 4 is 39.1 Å². The third-order valence-corrected chi connectivity index (χ3v) is 3.54. The summed E-state index contributed by atoms with van der Waals surface area (Å²) in [6, 6.07) is 6.78. The quantitative estimate of drug-likeness (QED) is 0.807. The molecule has 0 aliphatic carbocycles. The van der Waals surface area contributed by atoms with Crippen LogP contribution in [0, 0.1) is 18.6 Å². The van der Waals surface area contributed by atoms with Gasteiger partial charge in [0.25, 0.3) is 5.91 Å². The first-order valence-electron chi connectivity index (χ1n) is 5.60. The van der Waals surface area contributed by atoms with Gasteiger partial charge in [-0.3, -0.25) is 4.79 Å². The monoisotopic (exact) mass is 359 g/mol. The summed E-state index contributed by atoms with van der Waals surface area (Å²) in [5.41, 5.74) is 0.543. The van der Waals surface area contributed by atoms with E-state index in [-0.39, 0.29) is 10.0 Å². The maximum atomic E-state index is 13.6. The molecule has 2 aromatic carbocycles. The fraction of sp³-hybridized carbons (Fsp3) is 0.0714. The van der Waals surface area contributed by atoms with E-state index < -0.39 is 23.2 Å². The Bertz CT molecular complexity index is 668.